The van der Waals surface area contributed by atoms with Gasteiger partial charge in [-0.15, -0.1) is 0 Å². The minimum atomic E-state index is -3.85. The number of aryl methyl sites for hydroxylation is 1. The normalized spacial score (nSPS) is 11.8. The van der Waals surface area contributed by atoms with Crippen molar-refractivity contribution >= 4 is 26.0 Å². The highest BCUT2D eigenvalue weighted by Crippen LogP contribution is 2.19. The van der Waals surface area contributed by atoms with E-state index in [1.807, 2.05) is 0 Å². The fourth-order valence-electron chi connectivity index (χ4n) is 1.73. The molecule has 0 saturated carbocycles. The van der Waals surface area contributed by atoms with Crippen LogP contribution in [0.15, 0.2) is 39.8 Å². The van der Waals surface area contributed by atoms with Crippen molar-refractivity contribution in [3.05, 3.63) is 46.4 Å². The number of nitrogens with zero attached hydrogens (tertiary/aromatic N) is 2. The van der Waals surface area contributed by atoms with Crippen molar-refractivity contribution in [2.75, 3.05) is 6.54 Å². The van der Waals surface area contributed by atoms with Crippen molar-refractivity contribution in [3.63, 3.8) is 0 Å². The van der Waals surface area contributed by atoms with E-state index in [0.717, 1.165) is 11.8 Å². The van der Waals surface area contributed by atoms with Crippen molar-refractivity contribution < 1.29 is 12.8 Å². The van der Waals surface area contributed by atoms with Gasteiger partial charge in [0.2, 0.25) is 10.0 Å². The van der Waals surface area contributed by atoms with Crippen LogP contribution in [0.1, 0.15) is 5.69 Å². The van der Waals surface area contributed by atoms with E-state index in [-0.39, 0.29) is 11.4 Å². The quantitative estimate of drug-likeness (QED) is 0.883. The lowest BCUT2D eigenvalue weighted by Gasteiger charge is -2.08. The summed E-state index contributed by atoms with van der Waals surface area (Å²) in [7, 11) is -2.07. The van der Waals surface area contributed by atoms with E-state index in [2.05, 4.69) is 25.8 Å². The summed E-state index contributed by atoms with van der Waals surface area (Å²) in [5.41, 5.74) is 0.893. The Balaban J connectivity index is 2.06. The molecule has 0 aliphatic heterocycles. The van der Waals surface area contributed by atoms with Crippen LogP contribution in [0.25, 0.3) is 0 Å². The van der Waals surface area contributed by atoms with Crippen LogP contribution in [0.2, 0.25) is 0 Å². The molecule has 0 saturated heterocycles. The van der Waals surface area contributed by atoms with Gasteiger partial charge in [-0.25, -0.2) is 17.5 Å². The van der Waals surface area contributed by atoms with Crippen LogP contribution < -0.4 is 4.72 Å². The van der Waals surface area contributed by atoms with Crippen LogP contribution in [0, 0.1) is 5.82 Å². The molecule has 20 heavy (non-hydrogen) atoms. The Morgan fingerprint density at radius 1 is 1.40 bits per heavy atom. The van der Waals surface area contributed by atoms with Crippen LogP contribution in [0.3, 0.4) is 0 Å². The third-order valence-corrected chi connectivity index (χ3v) is 4.77. The molecule has 0 bridgehead atoms. The van der Waals surface area contributed by atoms with Crippen molar-refractivity contribution in [2.24, 2.45) is 7.05 Å². The van der Waals surface area contributed by atoms with Crippen LogP contribution in [0.4, 0.5) is 4.39 Å². The zero-order chi connectivity index (χ0) is 14.8. The molecule has 1 aromatic heterocycles. The van der Waals surface area contributed by atoms with Gasteiger partial charge >= 0.3 is 0 Å². The van der Waals surface area contributed by atoms with Gasteiger partial charge in [0.15, 0.2) is 0 Å². The van der Waals surface area contributed by atoms with Gasteiger partial charge in [0.1, 0.15) is 10.7 Å². The van der Waals surface area contributed by atoms with E-state index >= 15 is 0 Å². The van der Waals surface area contributed by atoms with Crippen LogP contribution in [0.5, 0.6) is 0 Å². The minimum Gasteiger partial charge on any atom is -0.273 e. The molecule has 0 unspecified atom stereocenters. The smallest absolute Gasteiger partial charge is 0.243 e. The number of aromatic nitrogens is 2. The number of sulfonamides is 1. The van der Waals surface area contributed by atoms with Crippen LogP contribution >= 0.6 is 15.9 Å². The molecule has 108 valence electrons. The molecule has 0 spiro atoms. The van der Waals surface area contributed by atoms with Crippen molar-refractivity contribution in [1.82, 2.24) is 14.5 Å². The standard InChI is InChI=1S/C12H13BrFN3O2S/c1-17-10(4-6-15-17)5-7-16-20(18,19)12-3-2-9(13)8-11(12)14/h2-4,6,8,16H,5,7H2,1H3. The first-order chi connectivity index (χ1) is 9.40. The number of nitrogens with one attached hydrogen (secondary N) is 1. The molecule has 1 aromatic carbocycles. The summed E-state index contributed by atoms with van der Waals surface area (Å²) >= 11 is 3.08. The van der Waals surface area contributed by atoms with Crippen LogP contribution in [-0.4, -0.2) is 24.7 Å². The fraction of sp³-hybridized carbons (Fsp3) is 0.250. The molecule has 8 heteroatoms. The zero-order valence-electron chi connectivity index (χ0n) is 10.7. The minimum absolute atomic E-state index is 0.178. The largest absolute Gasteiger partial charge is 0.273 e. The van der Waals surface area contributed by atoms with Gasteiger partial charge in [0, 0.05) is 36.4 Å². The van der Waals surface area contributed by atoms with E-state index in [1.165, 1.54) is 12.1 Å². The van der Waals surface area contributed by atoms with E-state index < -0.39 is 15.8 Å². The lowest BCUT2D eigenvalue weighted by atomic mass is 10.3. The predicted octanol–water partition coefficient (Wildman–Crippen LogP) is 1.84. The van der Waals surface area contributed by atoms with Gasteiger partial charge in [-0.2, -0.15) is 5.10 Å². The molecule has 2 aromatic rings. The molecule has 1 N–H and O–H groups in total. The van der Waals surface area contributed by atoms with Gasteiger partial charge in [0.25, 0.3) is 0 Å². The molecular weight excluding hydrogens is 349 g/mol. The summed E-state index contributed by atoms with van der Waals surface area (Å²) in [6.07, 6.45) is 2.12. The van der Waals surface area contributed by atoms with E-state index in [0.29, 0.717) is 10.9 Å². The molecule has 5 nitrogen and oxygen atoms in total. The highest BCUT2D eigenvalue weighted by Gasteiger charge is 2.18. The number of hydrogen-bond acceptors (Lipinski definition) is 3. The van der Waals surface area contributed by atoms with E-state index in [1.54, 1.807) is 24.0 Å². The molecule has 0 aliphatic rings. The summed E-state index contributed by atoms with van der Waals surface area (Å²) in [6.45, 7) is 0.178. The molecule has 0 fully saturated rings. The summed E-state index contributed by atoms with van der Waals surface area (Å²) in [4.78, 5) is -0.356. The first-order valence-corrected chi connectivity index (χ1v) is 8.09. The topological polar surface area (TPSA) is 64.0 Å². The Bertz CT molecular complexity index is 715. The Morgan fingerprint density at radius 3 is 2.75 bits per heavy atom. The maximum atomic E-state index is 13.6. The monoisotopic (exact) mass is 361 g/mol. The number of halogens is 2. The molecular formula is C12H13BrFN3O2S. The molecule has 0 atom stereocenters. The van der Waals surface area contributed by atoms with E-state index in [4.69, 9.17) is 0 Å². The summed E-state index contributed by atoms with van der Waals surface area (Å²) < 4.78 is 42.2. The van der Waals surface area contributed by atoms with E-state index in [9.17, 15) is 12.8 Å². The number of rotatable bonds is 5. The zero-order valence-corrected chi connectivity index (χ0v) is 13.1. The van der Waals surface area contributed by atoms with Gasteiger partial charge < -0.3 is 0 Å². The second kappa shape index (κ2) is 6.02. The molecule has 0 amide bonds. The summed E-state index contributed by atoms with van der Waals surface area (Å²) in [6, 6.07) is 5.63. The lowest BCUT2D eigenvalue weighted by Crippen LogP contribution is -2.27. The first kappa shape index (κ1) is 15.1. The SMILES string of the molecule is Cn1nccc1CCNS(=O)(=O)c1ccc(Br)cc1F. The van der Waals surface area contributed by atoms with Crippen molar-refractivity contribution in [1.29, 1.82) is 0 Å². The Hall–Kier alpha value is -1.25. The Labute approximate surface area is 125 Å². The van der Waals surface area contributed by atoms with Gasteiger partial charge in [0.05, 0.1) is 0 Å². The average Bonchev–Trinajstić information content (AvgIpc) is 2.74. The molecule has 2 rings (SSSR count). The van der Waals surface area contributed by atoms with Crippen molar-refractivity contribution in [3.8, 4) is 0 Å². The maximum Gasteiger partial charge on any atom is 0.243 e. The Morgan fingerprint density at radius 2 is 2.15 bits per heavy atom. The van der Waals surface area contributed by atoms with Crippen molar-refractivity contribution in [2.45, 2.75) is 11.3 Å². The second-order valence-electron chi connectivity index (χ2n) is 4.17. The van der Waals surface area contributed by atoms with Gasteiger partial charge in [-0.1, -0.05) is 15.9 Å². The molecule has 0 aliphatic carbocycles. The Kier molecular flexibility index (Phi) is 4.56. The highest BCUT2D eigenvalue weighted by atomic mass is 79.9. The summed E-state index contributed by atoms with van der Waals surface area (Å²) in [5.74, 6) is -0.785. The third-order valence-electron chi connectivity index (χ3n) is 2.78. The number of benzene rings is 1. The highest BCUT2D eigenvalue weighted by molar-refractivity contribution is 9.10. The summed E-state index contributed by atoms with van der Waals surface area (Å²) in [5, 5.41) is 3.99. The lowest BCUT2D eigenvalue weighted by molar-refractivity contribution is 0.555. The number of hydrogen-bond donors (Lipinski definition) is 1. The molecule has 0 radical (unpaired) electrons. The second-order valence-corrected chi connectivity index (χ2v) is 6.82. The first-order valence-electron chi connectivity index (χ1n) is 5.82. The molecule has 1 heterocycles. The fourth-order valence-corrected chi connectivity index (χ4v) is 3.15. The maximum absolute atomic E-state index is 13.6. The van der Waals surface area contributed by atoms with Crippen LogP contribution in [-0.2, 0) is 23.5 Å². The predicted molar refractivity (Wildman–Crippen MR) is 76.2 cm³/mol. The third kappa shape index (κ3) is 3.44. The van der Waals surface area contributed by atoms with Gasteiger partial charge in [-0.05, 0) is 24.3 Å². The van der Waals surface area contributed by atoms with Gasteiger partial charge in [-0.3, -0.25) is 4.68 Å². The average molecular weight is 362 g/mol.